The van der Waals surface area contributed by atoms with Crippen molar-refractivity contribution in [2.75, 3.05) is 6.54 Å². The summed E-state index contributed by atoms with van der Waals surface area (Å²) in [5.41, 5.74) is 4.11. The third kappa shape index (κ3) is 2.31. The van der Waals surface area contributed by atoms with Crippen LogP contribution in [0.25, 0.3) is 11.0 Å². The van der Waals surface area contributed by atoms with Crippen LogP contribution in [-0.4, -0.2) is 31.9 Å². The highest BCUT2D eigenvalue weighted by Crippen LogP contribution is 2.33. The molecule has 5 heteroatoms. The van der Waals surface area contributed by atoms with Crippen LogP contribution in [-0.2, 0) is 6.54 Å². The average molecular weight is 322 g/mol. The molecule has 0 aliphatic carbocycles. The highest BCUT2D eigenvalue weighted by Gasteiger charge is 2.34. The second-order valence-corrected chi connectivity index (χ2v) is 6.92. The van der Waals surface area contributed by atoms with Gasteiger partial charge in [-0.15, -0.1) is 0 Å². The number of rotatable bonds is 2. The minimum Gasteiger partial charge on any atom is -0.348 e. The number of nitrogens with zero attached hydrogens (tertiary/aromatic N) is 3. The molecule has 1 amide bonds. The van der Waals surface area contributed by atoms with Gasteiger partial charge in [0, 0.05) is 25.0 Å². The van der Waals surface area contributed by atoms with Gasteiger partial charge in [0.2, 0.25) is 0 Å². The third-order valence-corrected chi connectivity index (χ3v) is 4.82. The van der Waals surface area contributed by atoms with E-state index >= 15 is 0 Å². The number of benzene rings is 1. The summed E-state index contributed by atoms with van der Waals surface area (Å²) in [7, 11) is 0. The SMILES string of the molecule is Cc1ccc2nc(C(=O)N3CCn4cccc4[C@H]3C(C)C)[nH]c2c1. The Morgan fingerprint density at radius 3 is 2.92 bits per heavy atom. The molecule has 24 heavy (non-hydrogen) atoms. The molecule has 4 rings (SSSR count). The maximum absolute atomic E-state index is 13.1. The molecular weight excluding hydrogens is 300 g/mol. The zero-order chi connectivity index (χ0) is 16.8. The van der Waals surface area contributed by atoms with Gasteiger partial charge in [-0.1, -0.05) is 19.9 Å². The van der Waals surface area contributed by atoms with E-state index in [0.717, 1.165) is 23.1 Å². The highest BCUT2D eigenvalue weighted by molar-refractivity contribution is 5.94. The molecule has 0 bridgehead atoms. The number of H-pyrrole nitrogens is 1. The Labute approximate surface area is 141 Å². The van der Waals surface area contributed by atoms with Crippen molar-refractivity contribution in [3.63, 3.8) is 0 Å². The van der Waals surface area contributed by atoms with Crippen LogP contribution in [0.4, 0.5) is 0 Å². The minimum atomic E-state index is -0.0185. The van der Waals surface area contributed by atoms with Crippen LogP contribution < -0.4 is 0 Å². The lowest BCUT2D eigenvalue weighted by atomic mass is 9.97. The minimum absolute atomic E-state index is 0.0185. The van der Waals surface area contributed by atoms with Crippen LogP contribution >= 0.6 is 0 Å². The molecule has 0 saturated heterocycles. The molecule has 5 nitrogen and oxygen atoms in total. The van der Waals surface area contributed by atoms with Crippen molar-refractivity contribution in [3.05, 3.63) is 53.6 Å². The normalized spacial score (nSPS) is 17.5. The standard InChI is InChI=1S/C19H22N4O/c1-12(2)17-16-5-4-8-22(16)9-10-23(17)19(24)18-20-14-7-6-13(3)11-15(14)21-18/h4-8,11-12,17H,9-10H2,1-3H3,(H,20,21)/t17-/m1/s1. The second kappa shape index (κ2) is 5.51. The molecule has 0 saturated carbocycles. The summed E-state index contributed by atoms with van der Waals surface area (Å²) in [6.07, 6.45) is 2.09. The van der Waals surface area contributed by atoms with Gasteiger partial charge in [0.1, 0.15) is 0 Å². The van der Waals surface area contributed by atoms with Gasteiger partial charge in [-0.05, 0) is 42.7 Å². The van der Waals surface area contributed by atoms with E-state index in [1.165, 1.54) is 5.69 Å². The summed E-state index contributed by atoms with van der Waals surface area (Å²) in [5.74, 6) is 0.755. The quantitative estimate of drug-likeness (QED) is 0.785. The van der Waals surface area contributed by atoms with Crippen molar-refractivity contribution in [3.8, 4) is 0 Å². The van der Waals surface area contributed by atoms with E-state index in [-0.39, 0.29) is 11.9 Å². The number of aromatic amines is 1. The molecule has 0 spiro atoms. The fraction of sp³-hybridized carbons (Fsp3) is 0.368. The Hall–Kier alpha value is -2.56. The fourth-order valence-electron chi connectivity index (χ4n) is 3.70. The number of aryl methyl sites for hydroxylation is 1. The van der Waals surface area contributed by atoms with Crippen molar-refractivity contribution in [2.24, 2.45) is 5.92 Å². The zero-order valence-electron chi connectivity index (χ0n) is 14.3. The van der Waals surface area contributed by atoms with Gasteiger partial charge in [-0.25, -0.2) is 4.98 Å². The van der Waals surface area contributed by atoms with Gasteiger partial charge in [0.15, 0.2) is 5.82 Å². The van der Waals surface area contributed by atoms with E-state index in [2.05, 4.69) is 46.7 Å². The van der Waals surface area contributed by atoms with Gasteiger partial charge in [0.25, 0.3) is 5.91 Å². The maximum atomic E-state index is 13.1. The van der Waals surface area contributed by atoms with Crippen molar-refractivity contribution in [1.82, 2.24) is 19.4 Å². The van der Waals surface area contributed by atoms with Crippen LogP contribution in [0.15, 0.2) is 36.5 Å². The number of nitrogens with one attached hydrogen (secondary N) is 1. The van der Waals surface area contributed by atoms with Crippen molar-refractivity contribution < 1.29 is 4.79 Å². The average Bonchev–Trinajstić information content (AvgIpc) is 3.18. The van der Waals surface area contributed by atoms with E-state index in [9.17, 15) is 4.79 Å². The molecule has 0 fully saturated rings. The van der Waals surface area contributed by atoms with Crippen molar-refractivity contribution in [2.45, 2.75) is 33.4 Å². The number of aromatic nitrogens is 3. The molecule has 1 aromatic carbocycles. The molecule has 124 valence electrons. The predicted molar refractivity (Wildman–Crippen MR) is 93.9 cm³/mol. The molecule has 1 atom stereocenters. The lowest BCUT2D eigenvalue weighted by Crippen LogP contribution is -2.44. The molecule has 3 aromatic rings. The Bertz CT molecular complexity index is 905. The monoisotopic (exact) mass is 322 g/mol. The summed E-state index contributed by atoms with van der Waals surface area (Å²) in [4.78, 5) is 22.8. The first-order chi connectivity index (χ1) is 11.5. The summed E-state index contributed by atoms with van der Waals surface area (Å²) >= 11 is 0. The number of hydrogen-bond donors (Lipinski definition) is 1. The van der Waals surface area contributed by atoms with E-state index in [1.54, 1.807) is 0 Å². The van der Waals surface area contributed by atoms with Crippen molar-refractivity contribution >= 4 is 16.9 Å². The fourth-order valence-corrected chi connectivity index (χ4v) is 3.70. The van der Waals surface area contributed by atoms with Gasteiger partial charge < -0.3 is 14.5 Å². The van der Waals surface area contributed by atoms with Crippen LogP contribution in [0.5, 0.6) is 0 Å². The number of imidazole rings is 1. The Morgan fingerprint density at radius 1 is 1.29 bits per heavy atom. The second-order valence-electron chi connectivity index (χ2n) is 6.92. The first-order valence-electron chi connectivity index (χ1n) is 8.47. The molecule has 3 heterocycles. The number of fused-ring (bicyclic) bond motifs is 2. The van der Waals surface area contributed by atoms with Crippen LogP contribution in [0, 0.1) is 12.8 Å². The van der Waals surface area contributed by atoms with E-state index in [4.69, 9.17) is 0 Å². The summed E-state index contributed by atoms with van der Waals surface area (Å²) < 4.78 is 2.25. The lowest BCUT2D eigenvalue weighted by molar-refractivity contribution is 0.0545. The Morgan fingerprint density at radius 2 is 2.12 bits per heavy atom. The van der Waals surface area contributed by atoms with E-state index < -0.39 is 0 Å². The molecule has 1 N–H and O–H groups in total. The first-order valence-corrected chi connectivity index (χ1v) is 8.47. The van der Waals surface area contributed by atoms with Crippen LogP contribution in [0.2, 0.25) is 0 Å². The smallest absolute Gasteiger partial charge is 0.290 e. The molecule has 1 aliphatic heterocycles. The lowest BCUT2D eigenvalue weighted by Gasteiger charge is -2.38. The number of carbonyl (C=O) groups is 1. The van der Waals surface area contributed by atoms with E-state index in [1.807, 2.05) is 30.0 Å². The molecule has 2 aromatic heterocycles. The topological polar surface area (TPSA) is 53.9 Å². The van der Waals surface area contributed by atoms with Gasteiger partial charge >= 0.3 is 0 Å². The first kappa shape index (κ1) is 15.0. The number of hydrogen-bond acceptors (Lipinski definition) is 2. The molecule has 0 unspecified atom stereocenters. The Kier molecular flexibility index (Phi) is 3.44. The third-order valence-electron chi connectivity index (χ3n) is 4.82. The molecule has 1 aliphatic rings. The van der Waals surface area contributed by atoms with Crippen molar-refractivity contribution in [1.29, 1.82) is 0 Å². The van der Waals surface area contributed by atoms with E-state index in [0.29, 0.717) is 18.3 Å². The number of carbonyl (C=O) groups excluding carboxylic acids is 1. The van der Waals surface area contributed by atoms with Crippen LogP contribution in [0.1, 0.15) is 41.8 Å². The van der Waals surface area contributed by atoms with Gasteiger partial charge in [-0.2, -0.15) is 0 Å². The summed E-state index contributed by atoms with van der Waals surface area (Å²) in [5, 5.41) is 0. The van der Waals surface area contributed by atoms with Crippen LogP contribution in [0.3, 0.4) is 0 Å². The van der Waals surface area contributed by atoms with Gasteiger partial charge in [-0.3, -0.25) is 4.79 Å². The molecule has 0 radical (unpaired) electrons. The highest BCUT2D eigenvalue weighted by atomic mass is 16.2. The largest absolute Gasteiger partial charge is 0.348 e. The zero-order valence-corrected chi connectivity index (χ0v) is 14.3. The predicted octanol–water partition coefficient (Wildman–Crippen LogP) is 3.53. The maximum Gasteiger partial charge on any atom is 0.290 e. The number of amides is 1. The summed E-state index contributed by atoms with van der Waals surface area (Å²) in [6, 6.07) is 10.3. The summed E-state index contributed by atoms with van der Waals surface area (Å²) in [6.45, 7) is 7.90. The Balaban J connectivity index is 1.72. The van der Waals surface area contributed by atoms with Gasteiger partial charge in [0.05, 0.1) is 17.1 Å². The molecular formula is C19H22N4O.